The molecule has 33 heavy (non-hydrogen) atoms. The van der Waals surface area contributed by atoms with Gasteiger partial charge in [-0.05, 0) is 43.0 Å². The number of nitrogens with one attached hydrogen (secondary N) is 3. The normalized spacial score (nSPS) is 19.0. The summed E-state index contributed by atoms with van der Waals surface area (Å²) in [5, 5.41) is 5.53. The molecule has 2 aliphatic rings. The summed E-state index contributed by atoms with van der Waals surface area (Å²) in [5.41, 5.74) is 2.09. The van der Waals surface area contributed by atoms with E-state index in [1.165, 1.54) is 6.07 Å². The quantitative estimate of drug-likeness (QED) is 0.533. The van der Waals surface area contributed by atoms with E-state index in [4.69, 9.17) is 0 Å². The maximum absolute atomic E-state index is 13.2. The van der Waals surface area contributed by atoms with Crippen molar-refractivity contribution in [1.82, 2.24) is 20.2 Å². The highest BCUT2D eigenvalue weighted by Gasteiger charge is 2.55. The van der Waals surface area contributed by atoms with Crippen LogP contribution in [0.15, 0.2) is 59.4 Å². The number of fused-ring (bicyclic) bond motifs is 2. The Kier molecular flexibility index (Phi) is 4.81. The molecule has 1 aliphatic heterocycles. The van der Waals surface area contributed by atoms with Crippen LogP contribution in [0.1, 0.15) is 23.2 Å². The van der Waals surface area contributed by atoms with E-state index in [9.17, 15) is 19.2 Å². The number of anilines is 1. The molecule has 2 aromatic carbocycles. The lowest BCUT2D eigenvalue weighted by atomic mass is 9.92. The summed E-state index contributed by atoms with van der Waals surface area (Å²) in [7, 11) is 0. The van der Waals surface area contributed by atoms with Gasteiger partial charge in [-0.3, -0.25) is 19.3 Å². The van der Waals surface area contributed by atoms with Gasteiger partial charge in [0.2, 0.25) is 5.91 Å². The molecule has 3 aromatic rings. The first-order chi connectivity index (χ1) is 15.9. The van der Waals surface area contributed by atoms with Crippen LogP contribution < -0.4 is 16.2 Å². The van der Waals surface area contributed by atoms with Crippen molar-refractivity contribution in [3.05, 3.63) is 81.8 Å². The van der Waals surface area contributed by atoms with Gasteiger partial charge in [-0.15, -0.1) is 0 Å². The lowest BCUT2D eigenvalue weighted by Crippen LogP contribution is -2.43. The Morgan fingerprint density at radius 2 is 1.94 bits per heavy atom. The summed E-state index contributed by atoms with van der Waals surface area (Å²) in [4.78, 5) is 58.2. The number of imide groups is 1. The van der Waals surface area contributed by atoms with Crippen molar-refractivity contribution in [2.75, 3.05) is 11.9 Å². The Hall–Kier alpha value is -4.27. The number of H-pyrrole nitrogens is 1. The highest BCUT2D eigenvalue weighted by molar-refractivity contribution is 6.11. The largest absolute Gasteiger partial charge is 0.325 e. The van der Waals surface area contributed by atoms with E-state index in [0.717, 1.165) is 16.0 Å². The van der Waals surface area contributed by atoms with Crippen LogP contribution in [0.25, 0.3) is 11.4 Å². The number of aryl methyl sites for hydroxylation is 2. The molecule has 1 spiro atoms. The average Bonchev–Trinajstić information content (AvgIpc) is 3.26. The molecule has 1 unspecified atom stereocenters. The molecule has 3 N–H and O–H groups in total. The van der Waals surface area contributed by atoms with E-state index in [1.807, 2.05) is 24.3 Å². The number of aromatic nitrogens is 2. The van der Waals surface area contributed by atoms with E-state index in [0.29, 0.717) is 35.6 Å². The van der Waals surface area contributed by atoms with Gasteiger partial charge in [0.15, 0.2) is 0 Å². The Bertz CT molecular complexity index is 1360. The molecule has 0 bridgehead atoms. The molecule has 9 heteroatoms. The minimum Gasteiger partial charge on any atom is -0.325 e. The van der Waals surface area contributed by atoms with Crippen LogP contribution in [0, 0.1) is 6.92 Å². The number of benzene rings is 2. The fourth-order valence-electron chi connectivity index (χ4n) is 4.54. The van der Waals surface area contributed by atoms with Gasteiger partial charge in [0.25, 0.3) is 11.5 Å². The van der Waals surface area contributed by atoms with Crippen molar-refractivity contribution < 1.29 is 14.4 Å². The molecule has 1 atom stereocenters. The molecule has 0 saturated carbocycles. The van der Waals surface area contributed by atoms with E-state index in [-0.39, 0.29) is 5.56 Å². The third-order valence-corrected chi connectivity index (χ3v) is 6.01. The number of carbonyl (C=O) groups excluding carboxylic acids is 3. The minimum absolute atomic E-state index is 0.270. The third kappa shape index (κ3) is 3.57. The highest BCUT2D eigenvalue weighted by Crippen LogP contribution is 2.41. The molecule has 9 nitrogen and oxygen atoms in total. The van der Waals surface area contributed by atoms with Gasteiger partial charge in [-0.1, -0.05) is 36.4 Å². The number of hydrogen-bond donors (Lipinski definition) is 3. The number of urea groups is 1. The molecule has 1 saturated heterocycles. The van der Waals surface area contributed by atoms with Gasteiger partial charge in [0.1, 0.15) is 17.9 Å². The Morgan fingerprint density at radius 3 is 2.76 bits per heavy atom. The number of rotatable bonds is 4. The molecular formula is C24H21N5O4. The molecule has 4 amide bonds. The predicted octanol–water partition coefficient (Wildman–Crippen LogP) is 2.08. The summed E-state index contributed by atoms with van der Waals surface area (Å²) in [6.45, 7) is 1.32. The van der Waals surface area contributed by atoms with E-state index in [2.05, 4.69) is 20.6 Å². The monoisotopic (exact) mass is 443 g/mol. The molecule has 2 heterocycles. The van der Waals surface area contributed by atoms with Gasteiger partial charge < -0.3 is 15.6 Å². The standard InChI is InChI=1S/C24H21N5O4/c1-14-11-19(30)27-21(25-14)16-6-4-7-17(12-16)26-20(31)13-29-22(32)24(28-23(29)33)10-9-15-5-2-3-8-18(15)24/h2-8,11-12H,9-10,13H2,1H3,(H,26,31)(H,28,33)(H,25,27,30). The number of carbonyl (C=O) groups is 3. The molecule has 1 aromatic heterocycles. The van der Waals surface area contributed by atoms with Crippen LogP contribution in [-0.4, -0.2) is 39.3 Å². The van der Waals surface area contributed by atoms with Crippen LogP contribution in [0.4, 0.5) is 10.5 Å². The fraction of sp³-hybridized carbons (Fsp3) is 0.208. The van der Waals surface area contributed by atoms with Crippen molar-refractivity contribution in [2.45, 2.75) is 25.3 Å². The van der Waals surface area contributed by atoms with E-state index < -0.39 is 29.9 Å². The first-order valence-electron chi connectivity index (χ1n) is 10.6. The maximum Gasteiger partial charge on any atom is 0.325 e. The number of amides is 4. The van der Waals surface area contributed by atoms with Gasteiger partial charge in [-0.2, -0.15) is 0 Å². The zero-order chi connectivity index (χ0) is 23.2. The Balaban J connectivity index is 1.33. The van der Waals surface area contributed by atoms with E-state index in [1.54, 1.807) is 31.2 Å². The lowest BCUT2D eigenvalue weighted by Gasteiger charge is -2.22. The van der Waals surface area contributed by atoms with Crippen molar-refractivity contribution in [1.29, 1.82) is 0 Å². The van der Waals surface area contributed by atoms with Crippen LogP contribution in [0.3, 0.4) is 0 Å². The molecule has 1 fully saturated rings. The number of hydrogen-bond acceptors (Lipinski definition) is 5. The third-order valence-electron chi connectivity index (χ3n) is 6.01. The van der Waals surface area contributed by atoms with Crippen LogP contribution in [0.5, 0.6) is 0 Å². The molecule has 166 valence electrons. The summed E-state index contributed by atoms with van der Waals surface area (Å²) in [6.07, 6.45) is 1.16. The van der Waals surface area contributed by atoms with Crippen LogP contribution in [-0.2, 0) is 21.5 Å². The van der Waals surface area contributed by atoms with Gasteiger partial charge in [0.05, 0.1) is 0 Å². The van der Waals surface area contributed by atoms with Gasteiger partial charge in [-0.25, -0.2) is 9.78 Å². The smallest absolute Gasteiger partial charge is 0.325 e. The fourth-order valence-corrected chi connectivity index (χ4v) is 4.54. The average molecular weight is 443 g/mol. The van der Waals surface area contributed by atoms with Crippen molar-refractivity contribution in [3.8, 4) is 11.4 Å². The molecular weight excluding hydrogens is 422 g/mol. The molecule has 0 radical (unpaired) electrons. The van der Waals surface area contributed by atoms with Gasteiger partial charge in [0, 0.05) is 23.0 Å². The number of nitrogens with zero attached hydrogens (tertiary/aromatic N) is 2. The first kappa shape index (κ1) is 20.6. The predicted molar refractivity (Wildman–Crippen MR) is 120 cm³/mol. The van der Waals surface area contributed by atoms with Crippen molar-refractivity contribution in [2.24, 2.45) is 0 Å². The molecule has 5 rings (SSSR count). The topological polar surface area (TPSA) is 124 Å². The SMILES string of the molecule is Cc1cc(=O)[nH]c(-c2cccc(NC(=O)CN3C(=O)NC4(CCc5ccccc54)C3=O)c2)n1. The summed E-state index contributed by atoms with van der Waals surface area (Å²) >= 11 is 0. The van der Waals surface area contributed by atoms with Crippen molar-refractivity contribution >= 4 is 23.5 Å². The lowest BCUT2D eigenvalue weighted by molar-refractivity contribution is -0.134. The van der Waals surface area contributed by atoms with Crippen molar-refractivity contribution in [3.63, 3.8) is 0 Å². The Labute approximate surface area is 188 Å². The number of aromatic amines is 1. The summed E-state index contributed by atoms with van der Waals surface area (Å²) in [6, 6.07) is 15.2. The second-order valence-corrected chi connectivity index (χ2v) is 8.25. The zero-order valence-electron chi connectivity index (χ0n) is 17.8. The highest BCUT2D eigenvalue weighted by atomic mass is 16.2. The summed E-state index contributed by atoms with van der Waals surface area (Å²) in [5.74, 6) is -0.542. The zero-order valence-corrected chi connectivity index (χ0v) is 17.8. The first-order valence-corrected chi connectivity index (χ1v) is 10.6. The second kappa shape index (κ2) is 7.70. The molecule has 1 aliphatic carbocycles. The van der Waals surface area contributed by atoms with E-state index >= 15 is 0 Å². The minimum atomic E-state index is -1.10. The van der Waals surface area contributed by atoms with Crippen LogP contribution in [0.2, 0.25) is 0 Å². The van der Waals surface area contributed by atoms with Crippen LogP contribution >= 0.6 is 0 Å². The second-order valence-electron chi connectivity index (χ2n) is 8.25. The maximum atomic E-state index is 13.2. The Morgan fingerprint density at radius 1 is 1.12 bits per heavy atom. The van der Waals surface area contributed by atoms with Gasteiger partial charge >= 0.3 is 6.03 Å². The summed E-state index contributed by atoms with van der Waals surface area (Å²) < 4.78 is 0.